The average Bonchev–Trinajstić information content (AvgIpc) is 3.16. The fourth-order valence-electron chi connectivity index (χ4n) is 3.46. The number of hydrogen-bond donors (Lipinski definition) is 0. The predicted octanol–water partition coefficient (Wildman–Crippen LogP) is 1.57. The number of piperidine rings is 1. The van der Waals surface area contributed by atoms with Crippen molar-refractivity contribution in [1.82, 2.24) is 19.7 Å². The topological polar surface area (TPSA) is 59.3 Å². The van der Waals surface area contributed by atoms with E-state index in [1.807, 2.05) is 16.9 Å². The highest BCUT2D eigenvalue weighted by Crippen LogP contribution is 2.22. The van der Waals surface area contributed by atoms with Crippen LogP contribution in [0.25, 0.3) is 0 Å². The molecule has 1 unspecified atom stereocenters. The smallest absolute Gasteiger partial charge is 0.134 e. The SMILES string of the molecule is c1cnn(CC2CN(c3cc(N4CCCCC4)ncn3)CCO2)c1. The van der Waals surface area contributed by atoms with E-state index < -0.39 is 0 Å². The highest BCUT2D eigenvalue weighted by atomic mass is 16.5. The Kier molecular flexibility index (Phi) is 4.60. The van der Waals surface area contributed by atoms with Crippen molar-refractivity contribution < 1.29 is 4.74 Å². The molecule has 24 heavy (non-hydrogen) atoms. The lowest BCUT2D eigenvalue weighted by atomic mass is 10.1. The van der Waals surface area contributed by atoms with Gasteiger partial charge in [-0.2, -0.15) is 5.10 Å². The van der Waals surface area contributed by atoms with E-state index in [1.165, 1.54) is 19.3 Å². The summed E-state index contributed by atoms with van der Waals surface area (Å²) in [4.78, 5) is 13.6. The van der Waals surface area contributed by atoms with Gasteiger partial charge in [-0.15, -0.1) is 0 Å². The van der Waals surface area contributed by atoms with Gasteiger partial charge in [0.2, 0.25) is 0 Å². The molecule has 0 radical (unpaired) electrons. The number of nitrogens with zero attached hydrogens (tertiary/aromatic N) is 6. The second-order valence-electron chi connectivity index (χ2n) is 6.45. The van der Waals surface area contributed by atoms with Gasteiger partial charge in [0.05, 0.1) is 19.3 Å². The fourth-order valence-corrected chi connectivity index (χ4v) is 3.46. The maximum Gasteiger partial charge on any atom is 0.134 e. The molecule has 7 heteroatoms. The molecular weight excluding hydrogens is 304 g/mol. The summed E-state index contributed by atoms with van der Waals surface area (Å²) in [7, 11) is 0. The fraction of sp³-hybridized carbons (Fsp3) is 0.588. The summed E-state index contributed by atoms with van der Waals surface area (Å²) in [6.45, 7) is 5.38. The Morgan fingerprint density at radius 1 is 1.04 bits per heavy atom. The van der Waals surface area contributed by atoms with Crippen molar-refractivity contribution in [3.63, 3.8) is 0 Å². The molecular formula is C17H24N6O. The first kappa shape index (κ1) is 15.4. The Bertz CT molecular complexity index is 640. The quantitative estimate of drug-likeness (QED) is 0.849. The summed E-state index contributed by atoms with van der Waals surface area (Å²) in [5.41, 5.74) is 0. The number of rotatable bonds is 4. The zero-order valence-corrected chi connectivity index (χ0v) is 13.9. The van der Waals surface area contributed by atoms with Gasteiger partial charge in [-0.25, -0.2) is 9.97 Å². The molecule has 2 aromatic heterocycles. The van der Waals surface area contributed by atoms with Crippen LogP contribution in [0, 0.1) is 0 Å². The van der Waals surface area contributed by atoms with E-state index in [0.717, 1.165) is 51.0 Å². The molecule has 2 aliphatic rings. The number of hydrogen-bond acceptors (Lipinski definition) is 6. The minimum absolute atomic E-state index is 0.132. The van der Waals surface area contributed by atoms with E-state index in [1.54, 1.807) is 12.5 Å². The second-order valence-corrected chi connectivity index (χ2v) is 6.45. The van der Waals surface area contributed by atoms with E-state index in [4.69, 9.17) is 4.74 Å². The van der Waals surface area contributed by atoms with Gasteiger partial charge >= 0.3 is 0 Å². The molecule has 0 saturated carbocycles. The maximum atomic E-state index is 5.89. The molecule has 4 heterocycles. The lowest BCUT2D eigenvalue weighted by Gasteiger charge is -2.34. The Morgan fingerprint density at radius 3 is 2.67 bits per heavy atom. The zero-order valence-electron chi connectivity index (χ0n) is 13.9. The third kappa shape index (κ3) is 3.51. The molecule has 7 nitrogen and oxygen atoms in total. The second kappa shape index (κ2) is 7.17. The number of morpholine rings is 1. The number of anilines is 2. The van der Waals surface area contributed by atoms with Crippen molar-refractivity contribution in [2.75, 3.05) is 42.6 Å². The molecule has 2 fully saturated rings. The van der Waals surface area contributed by atoms with Crippen molar-refractivity contribution in [3.05, 3.63) is 30.9 Å². The molecule has 4 rings (SSSR count). The molecule has 128 valence electrons. The normalized spacial score (nSPS) is 21.9. The third-order valence-corrected chi connectivity index (χ3v) is 4.73. The lowest BCUT2D eigenvalue weighted by molar-refractivity contribution is 0.0272. The summed E-state index contributed by atoms with van der Waals surface area (Å²) in [6.07, 6.45) is 9.43. The van der Waals surface area contributed by atoms with Crippen LogP contribution in [0.5, 0.6) is 0 Å². The summed E-state index contributed by atoms with van der Waals surface area (Å²) in [5.74, 6) is 2.05. The molecule has 0 N–H and O–H groups in total. The minimum Gasteiger partial charge on any atom is -0.373 e. The first-order chi connectivity index (χ1) is 11.9. The summed E-state index contributed by atoms with van der Waals surface area (Å²) >= 11 is 0. The van der Waals surface area contributed by atoms with E-state index in [0.29, 0.717) is 0 Å². The van der Waals surface area contributed by atoms with Crippen LogP contribution in [0.4, 0.5) is 11.6 Å². The molecule has 0 bridgehead atoms. The summed E-state index contributed by atoms with van der Waals surface area (Å²) in [6, 6.07) is 4.07. The largest absolute Gasteiger partial charge is 0.373 e. The van der Waals surface area contributed by atoms with Crippen LogP contribution in [0.2, 0.25) is 0 Å². The van der Waals surface area contributed by atoms with Crippen LogP contribution in [0.15, 0.2) is 30.9 Å². The van der Waals surface area contributed by atoms with Gasteiger partial charge in [0.15, 0.2) is 0 Å². The Balaban J connectivity index is 1.44. The van der Waals surface area contributed by atoms with Gasteiger partial charge in [0.25, 0.3) is 0 Å². The minimum atomic E-state index is 0.132. The summed E-state index contributed by atoms with van der Waals surface area (Å²) < 4.78 is 7.82. The van der Waals surface area contributed by atoms with Crippen LogP contribution >= 0.6 is 0 Å². The molecule has 2 aromatic rings. The summed E-state index contributed by atoms with van der Waals surface area (Å²) in [5, 5.41) is 4.27. The van der Waals surface area contributed by atoms with Crippen molar-refractivity contribution >= 4 is 11.6 Å². The van der Waals surface area contributed by atoms with Gasteiger partial charge in [-0.1, -0.05) is 0 Å². The Labute approximate surface area is 142 Å². The van der Waals surface area contributed by atoms with Crippen LogP contribution < -0.4 is 9.80 Å². The van der Waals surface area contributed by atoms with Crippen molar-refractivity contribution in [2.45, 2.75) is 31.9 Å². The third-order valence-electron chi connectivity index (χ3n) is 4.73. The van der Waals surface area contributed by atoms with Gasteiger partial charge in [0.1, 0.15) is 18.0 Å². The van der Waals surface area contributed by atoms with E-state index in [-0.39, 0.29) is 6.10 Å². The number of ether oxygens (including phenoxy) is 1. The maximum absolute atomic E-state index is 5.89. The van der Waals surface area contributed by atoms with Gasteiger partial charge < -0.3 is 14.5 Å². The van der Waals surface area contributed by atoms with Gasteiger partial charge in [0, 0.05) is 44.6 Å². The van der Waals surface area contributed by atoms with E-state index in [2.05, 4.69) is 30.9 Å². The highest BCUT2D eigenvalue weighted by Gasteiger charge is 2.23. The van der Waals surface area contributed by atoms with E-state index >= 15 is 0 Å². The van der Waals surface area contributed by atoms with E-state index in [9.17, 15) is 0 Å². The van der Waals surface area contributed by atoms with Crippen LogP contribution in [-0.4, -0.2) is 58.6 Å². The molecule has 0 aromatic carbocycles. The molecule has 1 atom stereocenters. The molecule has 0 aliphatic carbocycles. The van der Waals surface area contributed by atoms with Crippen molar-refractivity contribution in [2.24, 2.45) is 0 Å². The lowest BCUT2D eigenvalue weighted by Crippen LogP contribution is -2.44. The van der Waals surface area contributed by atoms with Crippen molar-refractivity contribution in [1.29, 1.82) is 0 Å². The van der Waals surface area contributed by atoms with Crippen LogP contribution in [0.1, 0.15) is 19.3 Å². The van der Waals surface area contributed by atoms with Gasteiger partial charge in [-0.05, 0) is 25.3 Å². The van der Waals surface area contributed by atoms with Crippen LogP contribution in [0.3, 0.4) is 0 Å². The van der Waals surface area contributed by atoms with Crippen LogP contribution in [-0.2, 0) is 11.3 Å². The standard InChI is InChI=1S/C17H24N6O/c1-2-6-21(7-3-1)16-11-17(19-14-18-16)22-9-10-24-15(12-22)13-23-8-4-5-20-23/h4-5,8,11,14-15H,1-3,6-7,9-10,12-13H2. The Morgan fingerprint density at radius 2 is 1.88 bits per heavy atom. The molecule has 2 saturated heterocycles. The first-order valence-corrected chi connectivity index (χ1v) is 8.79. The monoisotopic (exact) mass is 328 g/mol. The first-order valence-electron chi connectivity index (χ1n) is 8.79. The highest BCUT2D eigenvalue weighted by molar-refractivity contribution is 5.50. The number of aromatic nitrogens is 4. The molecule has 0 amide bonds. The Hall–Kier alpha value is -2.15. The molecule has 0 spiro atoms. The predicted molar refractivity (Wildman–Crippen MR) is 92.3 cm³/mol. The van der Waals surface area contributed by atoms with Gasteiger partial charge in [-0.3, -0.25) is 4.68 Å². The molecule has 2 aliphatic heterocycles. The zero-order chi connectivity index (χ0) is 16.2. The average molecular weight is 328 g/mol. The van der Waals surface area contributed by atoms with Crippen molar-refractivity contribution in [3.8, 4) is 0 Å².